The molecule has 0 aliphatic rings. The van der Waals surface area contributed by atoms with Crippen molar-refractivity contribution in [1.29, 1.82) is 0 Å². The molecule has 0 amide bonds. The molecule has 0 radical (unpaired) electrons. The van der Waals surface area contributed by atoms with Gasteiger partial charge in [-0.05, 0) is 19.9 Å². The molecule has 2 aromatic rings. The summed E-state index contributed by atoms with van der Waals surface area (Å²) in [5.41, 5.74) is 8.62. The number of benzene rings is 1. The van der Waals surface area contributed by atoms with Crippen LogP contribution in [0.1, 0.15) is 25.6 Å². The maximum atomic E-state index is 5.72. The monoisotopic (exact) mass is 294 g/mol. The molecule has 0 fully saturated rings. The van der Waals surface area contributed by atoms with Crippen molar-refractivity contribution in [3.8, 4) is 11.3 Å². The van der Waals surface area contributed by atoms with E-state index in [4.69, 9.17) is 5.73 Å². The maximum Gasteiger partial charge on any atom is 0.104 e. The molecule has 0 bridgehead atoms. The van der Waals surface area contributed by atoms with Gasteiger partial charge in [0.2, 0.25) is 0 Å². The number of halogens is 1. The van der Waals surface area contributed by atoms with Gasteiger partial charge in [0.1, 0.15) is 5.69 Å². The van der Waals surface area contributed by atoms with Gasteiger partial charge in [0.15, 0.2) is 0 Å². The molecule has 0 aliphatic carbocycles. The molecule has 1 heterocycles. The second kappa shape index (κ2) is 4.98. The molecular weight excluding hydrogens is 280 g/mol. The van der Waals surface area contributed by atoms with Crippen LogP contribution >= 0.6 is 15.9 Å². The van der Waals surface area contributed by atoms with Crippen molar-refractivity contribution in [2.45, 2.75) is 26.4 Å². The van der Waals surface area contributed by atoms with Gasteiger partial charge in [-0.25, -0.2) is 4.68 Å². The minimum Gasteiger partial charge on any atom is -0.325 e. The van der Waals surface area contributed by atoms with E-state index in [0.29, 0.717) is 6.54 Å². The first-order valence-corrected chi connectivity index (χ1v) is 6.33. The van der Waals surface area contributed by atoms with Crippen LogP contribution in [0.4, 0.5) is 0 Å². The van der Waals surface area contributed by atoms with Gasteiger partial charge in [0.25, 0.3) is 0 Å². The Labute approximate surface area is 109 Å². The Bertz CT molecular complexity index is 519. The normalized spacial score (nSPS) is 11.1. The van der Waals surface area contributed by atoms with E-state index >= 15 is 0 Å². The highest BCUT2D eigenvalue weighted by Gasteiger charge is 2.17. The standard InChI is InChI=1S/C12H15BrN4/c1-8(2)17-12(11(7-14)15-16-17)9-5-3-4-6-10(9)13/h3-6,8H,7,14H2,1-2H3. The van der Waals surface area contributed by atoms with Gasteiger partial charge in [-0.15, -0.1) is 5.10 Å². The van der Waals surface area contributed by atoms with Crippen LogP contribution in [0.3, 0.4) is 0 Å². The average molecular weight is 295 g/mol. The largest absolute Gasteiger partial charge is 0.325 e. The van der Waals surface area contributed by atoms with Crippen molar-refractivity contribution in [2.75, 3.05) is 0 Å². The number of nitrogens with two attached hydrogens (primary N) is 1. The third-order valence-corrected chi connectivity index (χ3v) is 3.27. The molecule has 2 N–H and O–H groups in total. The molecule has 0 spiro atoms. The van der Waals surface area contributed by atoms with Crippen molar-refractivity contribution in [3.05, 3.63) is 34.4 Å². The minimum atomic E-state index is 0.255. The molecule has 5 heteroatoms. The smallest absolute Gasteiger partial charge is 0.104 e. The summed E-state index contributed by atoms with van der Waals surface area (Å²) >= 11 is 3.55. The third kappa shape index (κ3) is 2.25. The van der Waals surface area contributed by atoms with Crippen LogP contribution in [0.2, 0.25) is 0 Å². The summed E-state index contributed by atoms with van der Waals surface area (Å²) < 4.78 is 2.93. The van der Waals surface area contributed by atoms with Gasteiger partial charge < -0.3 is 5.73 Å². The predicted molar refractivity (Wildman–Crippen MR) is 71.4 cm³/mol. The highest BCUT2D eigenvalue weighted by atomic mass is 79.9. The van der Waals surface area contributed by atoms with Crippen LogP contribution in [0.25, 0.3) is 11.3 Å². The van der Waals surface area contributed by atoms with Gasteiger partial charge in [0, 0.05) is 22.6 Å². The predicted octanol–water partition coefficient (Wildman–Crippen LogP) is 2.75. The average Bonchev–Trinajstić information content (AvgIpc) is 2.73. The Balaban J connectivity index is 2.64. The fraction of sp³-hybridized carbons (Fsp3) is 0.333. The fourth-order valence-corrected chi connectivity index (χ4v) is 2.23. The van der Waals surface area contributed by atoms with E-state index in [9.17, 15) is 0 Å². The number of aromatic nitrogens is 3. The molecule has 4 nitrogen and oxygen atoms in total. The Morgan fingerprint density at radius 1 is 1.35 bits per heavy atom. The summed E-state index contributed by atoms with van der Waals surface area (Å²) in [5.74, 6) is 0. The topological polar surface area (TPSA) is 56.7 Å². The molecule has 1 aromatic heterocycles. The number of hydrogen-bond donors (Lipinski definition) is 1. The lowest BCUT2D eigenvalue weighted by Crippen LogP contribution is -2.06. The zero-order valence-electron chi connectivity index (χ0n) is 9.89. The molecule has 17 heavy (non-hydrogen) atoms. The second-order valence-electron chi connectivity index (χ2n) is 4.11. The van der Waals surface area contributed by atoms with E-state index in [0.717, 1.165) is 21.4 Å². The van der Waals surface area contributed by atoms with Crippen LogP contribution in [0.5, 0.6) is 0 Å². The Morgan fingerprint density at radius 2 is 2.06 bits per heavy atom. The lowest BCUT2D eigenvalue weighted by Gasteiger charge is -2.12. The first-order valence-electron chi connectivity index (χ1n) is 5.54. The molecule has 1 aromatic carbocycles. The van der Waals surface area contributed by atoms with E-state index in [1.54, 1.807) is 0 Å². The summed E-state index contributed by atoms with van der Waals surface area (Å²) in [6.45, 7) is 4.55. The number of rotatable bonds is 3. The van der Waals surface area contributed by atoms with Crippen molar-refractivity contribution >= 4 is 15.9 Å². The molecule has 0 unspecified atom stereocenters. The van der Waals surface area contributed by atoms with E-state index in [-0.39, 0.29) is 6.04 Å². The highest BCUT2D eigenvalue weighted by molar-refractivity contribution is 9.10. The van der Waals surface area contributed by atoms with Crippen LogP contribution in [-0.2, 0) is 6.54 Å². The molecule has 0 atom stereocenters. The van der Waals surface area contributed by atoms with Gasteiger partial charge in [0.05, 0.1) is 5.69 Å². The fourth-order valence-electron chi connectivity index (χ4n) is 1.76. The van der Waals surface area contributed by atoms with Crippen LogP contribution in [-0.4, -0.2) is 15.0 Å². The Hall–Kier alpha value is -1.20. The summed E-state index contributed by atoms with van der Waals surface area (Å²) in [6, 6.07) is 8.29. The van der Waals surface area contributed by atoms with E-state index in [1.165, 1.54) is 0 Å². The first kappa shape index (κ1) is 12.3. The number of nitrogens with zero attached hydrogens (tertiary/aromatic N) is 3. The summed E-state index contributed by atoms with van der Waals surface area (Å²) in [7, 11) is 0. The quantitative estimate of drug-likeness (QED) is 0.947. The van der Waals surface area contributed by atoms with E-state index in [2.05, 4.69) is 40.1 Å². The zero-order valence-corrected chi connectivity index (χ0v) is 11.5. The molecule has 0 aliphatic heterocycles. The van der Waals surface area contributed by atoms with Crippen LogP contribution < -0.4 is 5.73 Å². The van der Waals surface area contributed by atoms with Gasteiger partial charge >= 0.3 is 0 Å². The van der Waals surface area contributed by atoms with E-state index in [1.807, 2.05) is 28.9 Å². The lowest BCUT2D eigenvalue weighted by molar-refractivity contribution is 0.519. The first-order chi connectivity index (χ1) is 8.15. The Morgan fingerprint density at radius 3 is 2.65 bits per heavy atom. The minimum absolute atomic E-state index is 0.255. The summed E-state index contributed by atoms with van der Waals surface area (Å²) in [4.78, 5) is 0. The van der Waals surface area contributed by atoms with Gasteiger partial charge in [-0.3, -0.25) is 0 Å². The lowest BCUT2D eigenvalue weighted by atomic mass is 10.1. The third-order valence-electron chi connectivity index (χ3n) is 2.58. The molecule has 0 saturated heterocycles. The summed E-state index contributed by atoms with van der Waals surface area (Å²) in [6.07, 6.45) is 0. The number of hydrogen-bond acceptors (Lipinski definition) is 3. The second-order valence-corrected chi connectivity index (χ2v) is 4.96. The SMILES string of the molecule is CC(C)n1nnc(CN)c1-c1ccccc1Br. The van der Waals surface area contributed by atoms with Crippen LogP contribution in [0.15, 0.2) is 28.7 Å². The van der Waals surface area contributed by atoms with Crippen LogP contribution in [0, 0.1) is 0 Å². The highest BCUT2D eigenvalue weighted by Crippen LogP contribution is 2.31. The molecular formula is C12H15BrN4. The maximum absolute atomic E-state index is 5.72. The van der Waals surface area contributed by atoms with Gasteiger partial charge in [-0.2, -0.15) is 0 Å². The van der Waals surface area contributed by atoms with Crippen molar-refractivity contribution < 1.29 is 0 Å². The van der Waals surface area contributed by atoms with E-state index < -0.39 is 0 Å². The molecule has 90 valence electrons. The Kier molecular flexibility index (Phi) is 3.59. The zero-order chi connectivity index (χ0) is 12.4. The summed E-state index contributed by atoms with van der Waals surface area (Å²) in [5, 5.41) is 8.31. The molecule has 0 saturated carbocycles. The van der Waals surface area contributed by atoms with Crippen molar-refractivity contribution in [1.82, 2.24) is 15.0 Å². The van der Waals surface area contributed by atoms with Crippen molar-refractivity contribution in [3.63, 3.8) is 0 Å². The molecule has 2 rings (SSSR count). The van der Waals surface area contributed by atoms with Crippen molar-refractivity contribution in [2.24, 2.45) is 5.73 Å². The van der Waals surface area contributed by atoms with Gasteiger partial charge in [-0.1, -0.05) is 39.3 Å².